The Balaban J connectivity index is 1.91. The highest BCUT2D eigenvalue weighted by atomic mass is 15.0. The Morgan fingerprint density at radius 1 is 1.11 bits per heavy atom. The molecular weight excluding hydrogens is 222 g/mol. The van der Waals surface area contributed by atoms with Gasteiger partial charge in [-0.05, 0) is 23.9 Å². The van der Waals surface area contributed by atoms with Gasteiger partial charge in [0, 0.05) is 36.9 Å². The van der Waals surface area contributed by atoms with E-state index < -0.39 is 0 Å². The summed E-state index contributed by atoms with van der Waals surface area (Å²) in [6.45, 7) is 8.46. The smallest absolute Gasteiger partial charge is 0.0499 e. The number of aromatic nitrogens is 1. The number of rotatable bonds is 6. The molecular formula is C15H23N3. The topological polar surface area (TPSA) is 39.8 Å². The number of para-hydroxylation sites is 1. The van der Waals surface area contributed by atoms with E-state index in [2.05, 4.69) is 60.7 Å². The standard InChI is InChI=1S/C15H23N3/c1-11(2)17-9-12(3)18-10-14-6-4-5-13-7-8-16-15(13)14/h4-8,11-12,16-18H,9-10H2,1-3H3. The maximum absolute atomic E-state index is 3.55. The second-order valence-corrected chi connectivity index (χ2v) is 5.20. The maximum Gasteiger partial charge on any atom is 0.0499 e. The molecule has 0 saturated carbocycles. The van der Waals surface area contributed by atoms with E-state index >= 15 is 0 Å². The fourth-order valence-corrected chi connectivity index (χ4v) is 2.07. The summed E-state index contributed by atoms with van der Waals surface area (Å²) in [4.78, 5) is 3.31. The van der Waals surface area contributed by atoms with Crippen LogP contribution in [-0.2, 0) is 6.54 Å². The molecule has 0 bridgehead atoms. The maximum atomic E-state index is 3.55. The molecule has 0 aliphatic rings. The molecule has 1 atom stereocenters. The molecule has 1 unspecified atom stereocenters. The summed E-state index contributed by atoms with van der Waals surface area (Å²) >= 11 is 0. The number of aromatic amines is 1. The lowest BCUT2D eigenvalue weighted by molar-refractivity contribution is 0.474. The van der Waals surface area contributed by atoms with Crippen molar-refractivity contribution in [2.75, 3.05) is 6.54 Å². The molecule has 0 radical (unpaired) electrons. The van der Waals surface area contributed by atoms with Crippen molar-refractivity contribution in [2.45, 2.75) is 39.4 Å². The predicted octanol–water partition coefficient (Wildman–Crippen LogP) is 2.64. The van der Waals surface area contributed by atoms with Gasteiger partial charge in [0.25, 0.3) is 0 Å². The van der Waals surface area contributed by atoms with Gasteiger partial charge < -0.3 is 15.6 Å². The predicted molar refractivity (Wildman–Crippen MR) is 77.7 cm³/mol. The van der Waals surface area contributed by atoms with Crippen molar-refractivity contribution < 1.29 is 0 Å². The number of hydrogen-bond donors (Lipinski definition) is 3. The van der Waals surface area contributed by atoms with E-state index in [1.165, 1.54) is 16.5 Å². The van der Waals surface area contributed by atoms with Gasteiger partial charge in [0.05, 0.1) is 0 Å². The minimum atomic E-state index is 0.470. The van der Waals surface area contributed by atoms with Crippen LogP contribution < -0.4 is 10.6 Å². The zero-order valence-corrected chi connectivity index (χ0v) is 11.5. The van der Waals surface area contributed by atoms with E-state index in [0.717, 1.165) is 13.1 Å². The highest BCUT2D eigenvalue weighted by molar-refractivity contribution is 5.82. The lowest BCUT2D eigenvalue weighted by atomic mass is 10.1. The first-order chi connectivity index (χ1) is 8.66. The average molecular weight is 245 g/mol. The number of benzene rings is 1. The Morgan fingerprint density at radius 3 is 2.72 bits per heavy atom. The Hall–Kier alpha value is -1.32. The Kier molecular flexibility index (Phi) is 4.39. The molecule has 0 amide bonds. The molecule has 1 heterocycles. The van der Waals surface area contributed by atoms with Crippen LogP contribution in [0.15, 0.2) is 30.5 Å². The molecule has 3 heteroatoms. The van der Waals surface area contributed by atoms with Crippen molar-refractivity contribution in [1.29, 1.82) is 0 Å². The molecule has 0 fully saturated rings. The molecule has 0 saturated heterocycles. The molecule has 98 valence electrons. The van der Waals surface area contributed by atoms with Crippen LogP contribution in [0, 0.1) is 0 Å². The molecule has 3 N–H and O–H groups in total. The van der Waals surface area contributed by atoms with Crippen LogP contribution in [-0.4, -0.2) is 23.6 Å². The summed E-state index contributed by atoms with van der Waals surface area (Å²) in [6.07, 6.45) is 2.00. The van der Waals surface area contributed by atoms with Crippen LogP contribution in [0.1, 0.15) is 26.3 Å². The van der Waals surface area contributed by atoms with Crippen LogP contribution in [0.4, 0.5) is 0 Å². The SMILES string of the molecule is CC(C)NCC(C)NCc1cccc2cc[nH]c12. The van der Waals surface area contributed by atoms with E-state index in [1.54, 1.807) is 0 Å². The molecule has 18 heavy (non-hydrogen) atoms. The van der Waals surface area contributed by atoms with Gasteiger partial charge in [-0.15, -0.1) is 0 Å². The number of hydrogen-bond acceptors (Lipinski definition) is 2. The quantitative estimate of drug-likeness (QED) is 0.732. The summed E-state index contributed by atoms with van der Waals surface area (Å²) < 4.78 is 0. The average Bonchev–Trinajstić information content (AvgIpc) is 2.82. The fraction of sp³-hybridized carbons (Fsp3) is 0.467. The van der Waals surface area contributed by atoms with E-state index in [1.807, 2.05) is 6.20 Å². The van der Waals surface area contributed by atoms with Crippen LogP contribution in [0.25, 0.3) is 10.9 Å². The second-order valence-electron chi connectivity index (χ2n) is 5.20. The number of H-pyrrole nitrogens is 1. The third-order valence-corrected chi connectivity index (χ3v) is 3.15. The molecule has 1 aromatic carbocycles. The largest absolute Gasteiger partial charge is 0.361 e. The fourth-order valence-electron chi connectivity index (χ4n) is 2.07. The zero-order chi connectivity index (χ0) is 13.0. The van der Waals surface area contributed by atoms with Crippen LogP contribution in [0.3, 0.4) is 0 Å². The van der Waals surface area contributed by atoms with E-state index in [4.69, 9.17) is 0 Å². The van der Waals surface area contributed by atoms with E-state index in [9.17, 15) is 0 Å². The summed E-state index contributed by atoms with van der Waals surface area (Å²) in [5, 5.41) is 8.28. The van der Waals surface area contributed by atoms with Gasteiger partial charge in [-0.1, -0.05) is 32.0 Å². The molecule has 2 aromatic rings. The first-order valence-corrected chi connectivity index (χ1v) is 6.68. The van der Waals surface area contributed by atoms with Gasteiger partial charge in [-0.25, -0.2) is 0 Å². The zero-order valence-electron chi connectivity index (χ0n) is 11.5. The van der Waals surface area contributed by atoms with Crippen molar-refractivity contribution in [3.8, 4) is 0 Å². The summed E-state index contributed by atoms with van der Waals surface area (Å²) in [5.41, 5.74) is 2.57. The van der Waals surface area contributed by atoms with E-state index in [-0.39, 0.29) is 0 Å². The van der Waals surface area contributed by atoms with Crippen molar-refractivity contribution in [3.63, 3.8) is 0 Å². The highest BCUT2D eigenvalue weighted by Crippen LogP contribution is 2.16. The third-order valence-electron chi connectivity index (χ3n) is 3.15. The van der Waals surface area contributed by atoms with E-state index in [0.29, 0.717) is 12.1 Å². The number of nitrogens with one attached hydrogen (secondary N) is 3. The van der Waals surface area contributed by atoms with Crippen molar-refractivity contribution in [1.82, 2.24) is 15.6 Å². The lowest BCUT2D eigenvalue weighted by Crippen LogP contribution is -2.38. The van der Waals surface area contributed by atoms with Gasteiger partial charge in [0.2, 0.25) is 0 Å². The molecule has 1 aromatic heterocycles. The Morgan fingerprint density at radius 2 is 1.94 bits per heavy atom. The van der Waals surface area contributed by atoms with Crippen molar-refractivity contribution >= 4 is 10.9 Å². The first-order valence-electron chi connectivity index (χ1n) is 6.68. The van der Waals surface area contributed by atoms with Crippen molar-refractivity contribution in [2.24, 2.45) is 0 Å². The first kappa shape index (κ1) is 13.1. The lowest BCUT2D eigenvalue weighted by Gasteiger charge is -2.16. The van der Waals surface area contributed by atoms with Gasteiger partial charge in [0.15, 0.2) is 0 Å². The van der Waals surface area contributed by atoms with Gasteiger partial charge in [-0.3, -0.25) is 0 Å². The van der Waals surface area contributed by atoms with Crippen molar-refractivity contribution in [3.05, 3.63) is 36.0 Å². The molecule has 0 aliphatic carbocycles. The second kappa shape index (κ2) is 6.03. The monoisotopic (exact) mass is 245 g/mol. The molecule has 0 spiro atoms. The molecule has 0 aliphatic heterocycles. The summed E-state index contributed by atoms with van der Waals surface area (Å²) in [5.74, 6) is 0. The van der Waals surface area contributed by atoms with Gasteiger partial charge in [-0.2, -0.15) is 0 Å². The van der Waals surface area contributed by atoms with Crippen LogP contribution in [0.2, 0.25) is 0 Å². The molecule has 3 nitrogen and oxygen atoms in total. The van der Waals surface area contributed by atoms with Crippen LogP contribution in [0.5, 0.6) is 0 Å². The summed E-state index contributed by atoms with van der Waals surface area (Å²) in [7, 11) is 0. The minimum absolute atomic E-state index is 0.470. The number of fused-ring (bicyclic) bond motifs is 1. The van der Waals surface area contributed by atoms with Gasteiger partial charge >= 0.3 is 0 Å². The minimum Gasteiger partial charge on any atom is -0.361 e. The van der Waals surface area contributed by atoms with Crippen LogP contribution >= 0.6 is 0 Å². The highest BCUT2D eigenvalue weighted by Gasteiger charge is 2.05. The normalized spacial score (nSPS) is 13.3. The Labute approximate surface area is 109 Å². The third kappa shape index (κ3) is 3.34. The Bertz CT molecular complexity index is 487. The molecule has 2 rings (SSSR count). The van der Waals surface area contributed by atoms with Gasteiger partial charge in [0.1, 0.15) is 0 Å². The summed E-state index contributed by atoms with van der Waals surface area (Å²) in [6, 6.07) is 9.55.